The van der Waals surface area contributed by atoms with Crippen molar-refractivity contribution in [1.82, 2.24) is 13.7 Å². The minimum atomic E-state index is -0.723. The molecule has 37 heavy (non-hydrogen) atoms. The zero-order valence-corrected chi connectivity index (χ0v) is 22.0. The van der Waals surface area contributed by atoms with E-state index in [1.165, 1.54) is 26.1 Å². The molecule has 194 valence electrons. The minimum Gasteiger partial charge on any atom is -0.454 e. The number of benzene rings is 2. The summed E-state index contributed by atoms with van der Waals surface area (Å²) in [7, 11) is 1.43. The molecule has 1 fully saturated rings. The highest BCUT2D eigenvalue weighted by molar-refractivity contribution is 6.34. The summed E-state index contributed by atoms with van der Waals surface area (Å²) < 4.78 is 24.5. The Labute approximate surface area is 217 Å². The number of aryl methyl sites for hydroxylation is 2. The van der Waals surface area contributed by atoms with Gasteiger partial charge in [-0.05, 0) is 56.5 Å². The maximum Gasteiger partial charge on any atom is 0.337 e. The van der Waals surface area contributed by atoms with Gasteiger partial charge >= 0.3 is 5.69 Å². The second-order valence-electron chi connectivity index (χ2n) is 8.76. The highest BCUT2D eigenvalue weighted by atomic mass is 35.5. The summed E-state index contributed by atoms with van der Waals surface area (Å²) in [6.07, 6.45) is 1.28. The van der Waals surface area contributed by atoms with Crippen LogP contribution in [0.2, 0.25) is 5.02 Å². The van der Waals surface area contributed by atoms with Crippen molar-refractivity contribution in [2.45, 2.75) is 46.6 Å². The van der Waals surface area contributed by atoms with E-state index in [9.17, 15) is 14.4 Å². The number of hydrogen-bond acceptors (Lipinski definition) is 5. The van der Waals surface area contributed by atoms with E-state index in [1.807, 2.05) is 13.8 Å². The molecule has 0 aliphatic heterocycles. The number of nitrogen functional groups attached to an aromatic ring is 1. The van der Waals surface area contributed by atoms with Crippen LogP contribution in [0.3, 0.4) is 0 Å². The van der Waals surface area contributed by atoms with Crippen molar-refractivity contribution in [3.63, 3.8) is 0 Å². The summed E-state index contributed by atoms with van der Waals surface area (Å²) in [5, 5.41) is 0.0794. The van der Waals surface area contributed by atoms with Crippen LogP contribution in [-0.4, -0.2) is 13.7 Å². The fourth-order valence-electron chi connectivity index (χ4n) is 4.27. The largest absolute Gasteiger partial charge is 0.454 e. The number of ether oxygens (including phenoxy) is 1. The van der Waals surface area contributed by atoms with E-state index in [4.69, 9.17) is 22.1 Å². The molecule has 4 aromatic rings. The van der Waals surface area contributed by atoms with Gasteiger partial charge in [-0.1, -0.05) is 37.6 Å². The lowest BCUT2D eigenvalue weighted by Crippen LogP contribution is -2.42. The van der Waals surface area contributed by atoms with Gasteiger partial charge in [-0.15, -0.1) is 0 Å². The van der Waals surface area contributed by atoms with E-state index in [-0.39, 0.29) is 50.5 Å². The number of nitrogens with zero attached hydrogens (tertiary/aromatic N) is 3. The average molecular weight is 527 g/mol. The van der Waals surface area contributed by atoms with Gasteiger partial charge in [-0.3, -0.25) is 18.7 Å². The fraction of sp³-hybridized carbons (Fsp3) is 0.296. The Balaban J connectivity index is 0.00000156. The van der Waals surface area contributed by atoms with Crippen LogP contribution in [0.1, 0.15) is 43.9 Å². The molecular formula is C27H28ClFN4O4. The van der Waals surface area contributed by atoms with Crippen LogP contribution in [0.15, 0.2) is 50.8 Å². The summed E-state index contributed by atoms with van der Waals surface area (Å²) in [5.74, 6) is -0.582. The van der Waals surface area contributed by atoms with Gasteiger partial charge in [-0.25, -0.2) is 13.8 Å². The zero-order chi connectivity index (χ0) is 27.2. The van der Waals surface area contributed by atoms with Crippen LogP contribution in [0.25, 0.3) is 16.7 Å². The van der Waals surface area contributed by atoms with Crippen molar-refractivity contribution in [3.05, 3.63) is 89.6 Å². The lowest BCUT2D eigenvalue weighted by molar-refractivity contribution is 0.480. The molecule has 1 aliphatic rings. The van der Waals surface area contributed by atoms with Crippen LogP contribution < -0.4 is 27.3 Å². The number of hydrogen-bond donors (Lipinski definition) is 1. The first kappa shape index (κ1) is 26.2. The monoisotopic (exact) mass is 526 g/mol. The number of aromatic nitrogens is 3. The van der Waals surface area contributed by atoms with E-state index in [1.54, 1.807) is 31.2 Å². The molecule has 0 radical (unpaired) electrons. The van der Waals surface area contributed by atoms with Gasteiger partial charge < -0.3 is 10.5 Å². The molecule has 2 aromatic heterocycles. The zero-order valence-electron chi connectivity index (χ0n) is 21.3. The van der Waals surface area contributed by atoms with Crippen molar-refractivity contribution in [2.24, 2.45) is 7.05 Å². The van der Waals surface area contributed by atoms with Crippen LogP contribution >= 0.6 is 11.6 Å². The minimum absolute atomic E-state index is 0.0328. The van der Waals surface area contributed by atoms with Gasteiger partial charge in [0.2, 0.25) is 0 Å². The molecule has 0 amide bonds. The van der Waals surface area contributed by atoms with E-state index in [0.29, 0.717) is 18.4 Å². The number of anilines is 1. The molecule has 0 bridgehead atoms. The summed E-state index contributed by atoms with van der Waals surface area (Å²) in [6, 6.07) is 8.83. The molecule has 1 saturated carbocycles. The molecule has 8 nitrogen and oxygen atoms in total. The van der Waals surface area contributed by atoms with Gasteiger partial charge in [0.05, 0.1) is 16.9 Å². The van der Waals surface area contributed by atoms with Crippen molar-refractivity contribution < 1.29 is 9.13 Å². The maximum atomic E-state index is 15.2. The highest BCUT2D eigenvalue weighted by Gasteiger charge is 2.32. The Bertz CT molecular complexity index is 1720. The Morgan fingerprint density at radius 2 is 1.73 bits per heavy atom. The van der Waals surface area contributed by atoms with Gasteiger partial charge in [0.15, 0.2) is 5.75 Å². The molecule has 2 heterocycles. The predicted molar refractivity (Wildman–Crippen MR) is 144 cm³/mol. The topological polar surface area (TPSA) is 101 Å². The van der Waals surface area contributed by atoms with Crippen LogP contribution in [0, 0.1) is 19.7 Å². The second kappa shape index (κ2) is 9.89. The Morgan fingerprint density at radius 1 is 1.05 bits per heavy atom. The molecule has 0 atom stereocenters. The molecule has 0 saturated heterocycles. The van der Waals surface area contributed by atoms with Crippen molar-refractivity contribution in [2.75, 3.05) is 5.73 Å². The highest BCUT2D eigenvalue weighted by Crippen LogP contribution is 2.38. The third kappa shape index (κ3) is 4.33. The molecule has 1 aliphatic carbocycles. The van der Waals surface area contributed by atoms with Crippen LogP contribution in [-0.2, 0) is 7.05 Å². The normalized spacial score (nSPS) is 12.8. The summed E-state index contributed by atoms with van der Waals surface area (Å²) >= 11 is 6.32. The molecular weight excluding hydrogens is 499 g/mol. The Kier molecular flexibility index (Phi) is 7.01. The van der Waals surface area contributed by atoms with Crippen LogP contribution in [0.5, 0.6) is 11.5 Å². The molecule has 2 N–H and O–H groups in total. The summed E-state index contributed by atoms with van der Waals surface area (Å²) in [6.45, 7) is 7.24. The van der Waals surface area contributed by atoms with Crippen LogP contribution in [0.4, 0.5) is 10.1 Å². The Morgan fingerprint density at radius 3 is 2.35 bits per heavy atom. The van der Waals surface area contributed by atoms with Crippen molar-refractivity contribution >= 4 is 28.3 Å². The van der Waals surface area contributed by atoms with Gasteiger partial charge in [0, 0.05) is 13.1 Å². The average Bonchev–Trinajstić information content (AvgIpc) is 3.70. The van der Waals surface area contributed by atoms with Gasteiger partial charge in [-0.2, -0.15) is 0 Å². The fourth-order valence-corrected chi connectivity index (χ4v) is 4.44. The SMILES string of the molecule is CC.Cc1ccc(-n2c(=O)n(C3CC3)c(=O)c3c(Oc4cccc(N)c4Cl)c(C)c(=O)n(C)c32)c(F)c1. The predicted octanol–water partition coefficient (Wildman–Crippen LogP) is 5.00. The van der Waals surface area contributed by atoms with Crippen molar-refractivity contribution in [1.29, 1.82) is 0 Å². The lowest BCUT2D eigenvalue weighted by atomic mass is 10.1. The molecule has 0 spiro atoms. The number of nitrogens with two attached hydrogens (primary N) is 1. The summed E-state index contributed by atoms with van der Waals surface area (Å²) in [5.41, 5.74) is 4.93. The van der Waals surface area contributed by atoms with E-state index in [2.05, 4.69) is 0 Å². The first-order valence-electron chi connectivity index (χ1n) is 12.0. The maximum absolute atomic E-state index is 15.2. The molecule has 10 heteroatoms. The van der Waals surface area contributed by atoms with E-state index >= 15 is 4.39 Å². The third-order valence-corrected chi connectivity index (χ3v) is 6.64. The molecule has 5 rings (SSSR count). The number of halogens is 2. The number of rotatable bonds is 4. The Hall–Kier alpha value is -3.85. The molecule has 2 aromatic carbocycles. The first-order chi connectivity index (χ1) is 17.6. The second-order valence-corrected chi connectivity index (χ2v) is 9.14. The number of pyridine rings is 1. The smallest absolute Gasteiger partial charge is 0.337 e. The number of fused-ring (bicyclic) bond motifs is 1. The van der Waals surface area contributed by atoms with Crippen molar-refractivity contribution in [3.8, 4) is 17.2 Å². The standard InChI is InChI=1S/C25H22ClFN4O4.C2H6/c1-12-7-10-17(15(27)11-12)31-22-19(24(33)30(25(31)34)14-8-9-14)21(13(2)23(32)29(22)3)35-18-6-4-5-16(28)20(18)26;1-2/h4-7,10-11,14H,8-9,28H2,1-3H3;1-2H3. The van der Waals surface area contributed by atoms with E-state index in [0.717, 1.165) is 13.7 Å². The quantitative estimate of drug-likeness (QED) is 0.377. The lowest BCUT2D eigenvalue weighted by Gasteiger charge is -2.20. The van der Waals surface area contributed by atoms with Gasteiger partial charge in [0.25, 0.3) is 11.1 Å². The third-order valence-electron chi connectivity index (χ3n) is 6.24. The van der Waals surface area contributed by atoms with Gasteiger partial charge in [0.1, 0.15) is 27.6 Å². The van der Waals surface area contributed by atoms with E-state index < -0.39 is 22.6 Å². The molecule has 0 unspecified atom stereocenters. The summed E-state index contributed by atoms with van der Waals surface area (Å²) in [4.78, 5) is 40.6. The first-order valence-corrected chi connectivity index (χ1v) is 12.4.